The summed E-state index contributed by atoms with van der Waals surface area (Å²) in [5.74, 6) is 0. The van der Waals surface area contributed by atoms with Gasteiger partial charge in [0.1, 0.15) is 0 Å². The molecule has 12 heavy (non-hydrogen) atoms. The molecular formula is C10H8NY-. The van der Waals surface area contributed by atoms with Crippen molar-refractivity contribution in [2.75, 3.05) is 0 Å². The smallest absolute Gasteiger partial charge is 0 e. The summed E-state index contributed by atoms with van der Waals surface area (Å²) in [5.41, 5.74) is 2.26. The minimum Gasteiger partial charge on any atom is -0.386 e. The predicted octanol–water partition coefficient (Wildman–Crippen LogP) is 2.34. The quantitative estimate of drug-likeness (QED) is 0.634. The van der Waals surface area contributed by atoms with Gasteiger partial charge in [0, 0.05) is 32.7 Å². The molecule has 0 saturated heterocycles. The van der Waals surface area contributed by atoms with Crippen LogP contribution in [0.15, 0.2) is 30.3 Å². The third kappa shape index (κ3) is 1.73. The van der Waals surface area contributed by atoms with Crippen molar-refractivity contribution < 1.29 is 32.7 Å². The number of pyridine rings is 1. The van der Waals surface area contributed by atoms with E-state index in [2.05, 4.69) is 30.2 Å². The van der Waals surface area contributed by atoms with Crippen LogP contribution >= 0.6 is 0 Å². The van der Waals surface area contributed by atoms with Crippen LogP contribution in [0.2, 0.25) is 0 Å². The molecular weight excluding hydrogens is 223 g/mol. The van der Waals surface area contributed by atoms with E-state index in [0.717, 1.165) is 5.52 Å². The Morgan fingerprint density at radius 1 is 1.25 bits per heavy atom. The molecule has 1 nitrogen and oxygen atoms in total. The first-order valence-corrected chi connectivity index (χ1v) is 3.60. The van der Waals surface area contributed by atoms with Crippen LogP contribution in [0.4, 0.5) is 0 Å². The van der Waals surface area contributed by atoms with Gasteiger partial charge in [-0.05, 0) is 12.4 Å². The van der Waals surface area contributed by atoms with Crippen molar-refractivity contribution in [1.29, 1.82) is 0 Å². The summed E-state index contributed by atoms with van der Waals surface area (Å²) < 4.78 is 0. The second-order valence-electron chi connectivity index (χ2n) is 2.59. The van der Waals surface area contributed by atoms with E-state index >= 15 is 0 Å². The Kier molecular flexibility index (Phi) is 3.36. The summed E-state index contributed by atoms with van der Waals surface area (Å²) >= 11 is 0. The van der Waals surface area contributed by atoms with Crippen molar-refractivity contribution in [3.05, 3.63) is 42.1 Å². The predicted molar refractivity (Wildman–Crippen MR) is 45.3 cm³/mol. The third-order valence-electron chi connectivity index (χ3n) is 1.78. The van der Waals surface area contributed by atoms with Gasteiger partial charge in [0.2, 0.25) is 0 Å². The molecule has 2 rings (SSSR count). The van der Waals surface area contributed by atoms with Crippen LogP contribution in [-0.2, 0) is 32.7 Å². The molecule has 1 radical (unpaired) electrons. The van der Waals surface area contributed by atoms with Crippen molar-refractivity contribution in [1.82, 2.24) is 4.98 Å². The van der Waals surface area contributed by atoms with E-state index in [1.807, 2.05) is 18.2 Å². The number of benzene rings is 1. The average Bonchev–Trinajstić information content (AvgIpc) is 2.06. The van der Waals surface area contributed by atoms with Gasteiger partial charge >= 0.3 is 0 Å². The monoisotopic (exact) mass is 231 g/mol. The molecule has 0 spiro atoms. The fraction of sp³-hybridized carbons (Fsp3) is 0.100. The molecule has 0 aliphatic rings. The summed E-state index contributed by atoms with van der Waals surface area (Å²) in [6.07, 6.45) is 2.83. The van der Waals surface area contributed by atoms with Gasteiger partial charge in [0.25, 0.3) is 0 Å². The molecule has 0 unspecified atom stereocenters. The van der Waals surface area contributed by atoms with E-state index in [4.69, 9.17) is 0 Å². The van der Waals surface area contributed by atoms with E-state index in [1.165, 1.54) is 10.9 Å². The standard InChI is InChI=1S/C10H8N.Y/c1-8-4-2-5-9-6-3-7-11-10(8)9;/h2-6H,1H3;/q-1;. The number of para-hydroxylation sites is 1. The van der Waals surface area contributed by atoms with E-state index in [9.17, 15) is 0 Å². The number of aryl methyl sites for hydroxylation is 1. The van der Waals surface area contributed by atoms with E-state index in [0.29, 0.717) is 0 Å². The number of hydrogen-bond donors (Lipinski definition) is 0. The molecule has 0 atom stereocenters. The van der Waals surface area contributed by atoms with Gasteiger partial charge in [0.05, 0.1) is 0 Å². The number of aromatic nitrogens is 1. The largest absolute Gasteiger partial charge is 0.386 e. The summed E-state index contributed by atoms with van der Waals surface area (Å²) in [5, 5.41) is 1.18. The minimum atomic E-state index is 0. The van der Waals surface area contributed by atoms with Crippen LogP contribution in [0.5, 0.6) is 0 Å². The Bertz CT molecular complexity index is 379. The zero-order valence-corrected chi connectivity index (χ0v) is 9.75. The molecule has 0 aliphatic carbocycles. The number of hydrogen-bond acceptors (Lipinski definition) is 1. The van der Waals surface area contributed by atoms with Crippen molar-refractivity contribution in [3.8, 4) is 0 Å². The molecule has 0 bridgehead atoms. The minimum absolute atomic E-state index is 0. The summed E-state index contributed by atoms with van der Waals surface area (Å²) in [7, 11) is 0. The Morgan fingerprint density at radius 3 is 2.83 bits per heavy atom. The Morgan fingerprint density at radius 2 is 2.08 bits per heavy atom. The van der Waals surface area contributed by atoms with Gasteiger partial charge in [-0.3, -0.25) is 0 Å². The van der Waals surface area contributed by atoms with Gasteiger partial charge in [-0.2, -0.15) is 12.1 Å². The Balaban J connectivity index is 0.000000720. The summed E-state index contributed by atoms with van der Waals surface area (Å²) in [6.45, 7) is 2.06. The van der Waals surface area contributed by atoms with E-state index in [-0.39, 0.29) is 32.7 Å². The zero-order chi connectivity index (χ0) is 7.68. The second kappa shape index (κ2) is 4.11. The number of rotatable bonds is 0. The van der Waals surface area contributed by atoms with Gasteiger partial charge in [-0.1, -0.05) is 30.0 Å². The molecule has 57 valence electrons. The molecule has 0 fully saturated rings. The average molecular weight is 231 g/mol. The van der Waals surface area contributed by atoms with Gasteiger partial charge in [0.15, 0.2) is 0 Å². The molecule has 0 N–H and O–H groups in total. The first kappa shape index (κ1) is 9.82. The molecule has 1 heterocycles. The summed E-state index contributed by atoms with van der Waals surface area (Å²) in [4.78, 5) is 4.16. The molecule has 1 aromatic heterocycles. The van der Waals surface area contributed by atoms with E-state index in [1.54, 1.807) is 0 Å². The Labute approximate surface area is 97.1 Å². The van der Waals surface area contributed by atoms with Crippen LogP contribution in [0.1, 0.15) is 5.56 Å². The van der Waals surface area contributed by atoms with Gasteiger partial charge in [-0.15, -0.1) is 5.39 Å². The molecule has 2 aromatic rings. The Hall–Kier alpha value is -0.266. The van der Waals surface area contributed by atoms with Crippen LogP contribution < -0.4 is 0 Å². The molecule has 2 heteroatoms. The van der Waals surface area contributed by atoms with Crippen LogP contribution in [-0.4, -0.2) is 4.98 Å². The second-order valence-corrected chi connectivity index (χ2v) is 2.59. The number of nitrogens with zero attached hydrogens (tertiary/aromatic N) is 1. The van der Waals surface area contributed by atoms with Crippen LogP contribution in [0, 0.1) is 13.1 Å². The first-order chi connectivity index (χ1) is 5.38. The van der Waals surface area contributed by atoms with Crippen LogP contribution in [0.25, 0.3) is 10.9 Å². The van der Waals surface area contributed by atoms with Crippen molar-refractivity contribution >= 4 is 10.9 Å². The maximum atomic E-state index is 4.16. The van der Waals surface area contributed by atoms with Gasteiger partial charge in [-0.25, -0.2) is 0 Å². The molecule has 0 aliphatic heterocycles. The SMILES string of the molecule is Cc1cccc2cc[c-]nc12.[Y]. The van der Waals surface area contributed by atoms with E-state index < -0.39 is 0 Å². The van der Waals surface area contributed by atoms with Crippen molar-refractivity contribution in [3.63, 3.8) is 0 Å². The topological polar surface area (TPSA) is 12.9 Å². The molecule has 0 amide bonds. The van der Waals surface area contributed by atoms with Crippen molar-refractivity contribution in [2.24, 2.45) is 0 Å². The third-order valence-corrected chi connectivity index (χ3v) is 1.78. The molecule has 1 aromatic carbocycles. The van der Waals surface area contributed by atoms with Gasteiger partial charge < -0.3 is 4.98 Å². The normalized spacial score (nSPS) is 9.42. The maximum Gasteiger partial charge on any atom is 0 e. The fourth-order valence-corrected chi connectivity index (χ4v) is 1.20. The van der Waals surface area contributed by atoms with Crippen LogP contribution in [0.3, 0.4) is 0 Å². The maximum absolute atomic E-state index is 4.16. The summed E-state index contributed by atoms with van der Waals surface area (Å²) in [6, 6.07) is 10.0. The fourth-order valence-electron chi connectivity index (χ4n) is 1.20. The molecule has 0 saturated carbocycles. The zero-order valence-electron chi connectivity index (χ0n) is 6.91. The van der Waals surface area contributed by atoms with Crippen molar-refractivity contribution in [2.45, 2.75) is 6.92 Å². The first-order valence-electron chi connectivity index (χ1n) is 3.60. The number of fused-ring (bicyclic) bond motifs is 1.